The van der Waals surface area contributed by atoms with Crippen molar-refractivity contribution in [3.63, 3.8) is 0 Å². The van der Waals surface area contributed by atoms with Gasteiger partial charge in [-0.1, -0.05) is 18.2 Å². The van der Waals surface area contributed by atoms with Crippen molar-refractivity contribution in [1.29, 1.82) is 0 Å². The number of thioether (sulfide) groups is 2. The van der Waals surface area contributed by atoms with Crippen molar-refractivity contribution in [2.45, 2.75) is 9.79 Å². The molecule has 0 heterocycles. The molecule has 0 aliphatic carbocycles. The summed E-state index contributed by atoms with van der Waals surface area (Å²) in [6.07, 6.45) is 3.54. The smallest absolute Gasteiger partial charge is 0.283 e. The SMILES string of the molecule is C=CCSc1ccccc1NC(=O)c1ccc(SC)c([N+](=O)[O-])c1. The van der Waals surface area contributed by atoms with E-state index in [9.17, 15) is 14.9 Å². The van der Waals surface area contributed by atoms with Crippen LogP contribution in [0.2, 0.25) is 0 Å². The lowest BCUT2D eigenvalue weighted by molar-refractivity contribution is -0.387. The van der Waals surface area contributed by atoms with Crippen LogP contribution < -0.4 is 5.32 Å². The van der Waals surface area contributed by atoms with E-state index in [1.165, 1.54) is 17.8 Å². The number of rotatable bonds is 7. The minimum Gasteiger partial charge on any atom is -0.321 e. The zero-order valence-electron chi connectivity index (χ0n) is 13.0. The van der Waals surface area contributed by atoms with Crippen molar-refractivity contribution in [1.82, 2.24) is 0 Å². The van der Waals surface area contributed by atoms with Crippen LogP contribution in [0.25, 0.3) is 0 Å². The second kappa shape index (κ2) is 8.56. The van der Waals surface area contributed by atoms with E-state index >= 15 is 0 Å². The summed E-state index contributed by atoms with van der Waals surface area (Å²) in [7, 11) is 0. The van der Waals surface area contributed by atoms with E-state index in [0.29, 0.717) is 10.6 Å². The van der Waals surface area contributed by atoms with Crippen molar-refractivity contribution in [2.75, 3.05) is 17.3 Å². The summed E-state index contributed by atoms with van der Waals surface area (Å²) in [5, 5.41) is 13.9. The molecule has 2 aromatic carbocycles. The molecule has 1 amide bonds. The molecule has 0 unspecified atom stereocenters. The second-order valence-electron chi connectivity index (χ2n) is 4.69. The lowest BCUT2D eigenvalue weighted by atomic mass is 10.2. The fourth-order valence-corrected chi connectivity index (χ4v) is 3.31. The molecule has 0 aromatic heterocycles. The average molecular weight is 360 g/mol. The first-order valence-electron chi connectivity index (χ1n) is 7.03. The van der Waals surface area contributed by atoms with Crippen LogP contribution in [-0.4, -0.2) is 22.8 Å². The van der Waals surface area contributed by atoms with Crippen LogP contribution >= 0.6 is 23.5 Å². The van der Waals surface area contributed by atoms with Gasteiger partial charge in [0.05, 0.1) is 15.5 Å². The summed E-state index contributed by atoms with van der Waals surface area (Å²) >= 11 is 2.83. The number of carbonyl (C=O) groups excluding carboxylic acids is 1. The highest BCUT2D eigenvalue weighted by Crippen LogP contribution is 2.30. The Morgan fingerprint density at radius 2 is 2.04 bits per heavy atom. The number of benzene rings is 2. The molecule has 0 saturated heterocycles. The summed E-state index contributed by atoms with van der Waals surface area (Å²) in [6.45, 7) is 3.68. The summed E-state index contributed by atoms with van der Waals surface area (Å²) in [6, 6.07) is 11.9. The van der Waals surface area contributed by atoms with E-state index in [-0.39, 0.29) is 17.2 Å². The number of para-hydroxylation sites is 1. The molecule has 0 saturated carbocycles. The Kier molecular flexibility index (Phi) is 6.45. The van der Waals surface area contributed by atoms with Gasteiger partial charge in [0.2, 0.25) is 0 Å². The van der Waals surface area contributed by atoms with Gasteiger partial charge in [0.15, 0.2) is 0 Å². The van der Waals surface area contributed by atoms with Crippen molar-refractivity contribution in [3.05, 3.63) is 70.8 Å². The molecule has 1 N–H and O–H groups in total. The zero-order valence-corrected chi connectivity index (χ0v) is 14.7. The van der Waals surface area contributed by atoms with Crippen LogP contribution in [0.4, 0.5) is 11.4 Å². The van der Waals surface area contributed by atoms with Crippen LogP contribution in [0.5, 0.6) is 0 Å². The first-order valence-corrected chi connectivity index (χ1v) is 9.24. The number of anilines is 1. The van der Waals surface area contributed by atoms with Gasteiger partial charge in [0.25, 0.3) is 11.6 Å². The molecule has 0 aliphatic rings. The molecule has 24 heavy (non-hydrogen) atoms. The quantitative estimate of drug-likeness (QED) is 0.331. The highest BCUT2D eigenvalue weighted by Gasteiger charge is 2.17. The second-order valence-corrected chi connectivity index (χ2v) is 6.60. The molecule has 5 nitrogen and oxygen atoms in total. The molecule has 0 aliphatic heterocycles. The number of nitro benzene ring substituents is 1. The molecular weight excluding hydrogens is 344 g/mol. The van der Waals surface area contributed by atoms with Gasteiger partial charge in [0.1, 0.15) is 0 Å². The number of hydrogen-bond donors (Lipinski definition) is 1. The molecule has 0 atom stereocenters. The Morgan fingerprint density at radius 3 is 2.71 bits per heavy atom. The lowest BCUT2D eigenvalue weighted by Crippen LogP contribution is -2.13. The van der Waals surface area contributed by atoms with Crippen molar-refractivity contribution in [2.24, 2.45) is 0 Å². The Morgan fingerprint density at radius 1 is 1.29 bits per heavy atom. The van der Waals surface area contributed by atoms with E-state index in [1.54, 1.807) is 42.3 Å². The summed E-state index contributed by atoms with van der Waals surface area (Å²) in [5.41, 5.74) is 0.860. The molecule has 0 bridgehead atoms. The van der Waals surface area contributed by atoms with E-state index in [1.807, 2.05) is 18.2 Å². The van der Waals surface area contributed by atoms with E-state index < -0.39 is 4.92 Å². The molecule has 0 fully saturated rings. The minimum absolute atomic E-state index is 0.0653. The number of nitrogens with zero attached hydrogens (tertiary/aromatic N) is 1. The molecule has 0 spiro atoms. The monoisotopic (exact) mass is 360 g/mol. The zero-order chi connectivity index (χ0) is 17.5. The topological polar surface area (TPSA) is 72.2 Å². The number of nitrogens with one attached hydrogen (secondary N) is 1. The Balaban J connectivity index is 2.26. The van der Waals surface area contributed by atoms with Gasteiger partial charge >= 0.3 is 0 Å². The lowest BCUT2D eigenvalue weighted by Gasteiger charge is -2.10. The first-order chi connectivity index (χ1) is 11.6. The van der Waals surface area contributed by atoms with Gasteiger partial charge in [-0.3, -0.25) is 14.9 Å². The largest absolute Gasteiger partial charge is 0.321 e. The van der Waals surface area contributed by atoms with E-state index in [0.717, 1.165) is 10.6 Å². The molecule has 0 radical (unpaired) electrons. The van der Waals surface area contributed by atoms with Crippen LogP contribution in [0.3, 0.4) is 0 Å². The van der Waals surface area contributed by atoms with Crippen molar-refractivity contribution < 1.29 is 9.72 Å². The number of nitro groups is 1. The number of amides is 1. The third kappa shape index (κ3) is 4.39. The van der Waals surface area contributed by atoms with E-state index in [4.69, 9.17) is 0 Å². The van der Waals surface area contributed by atoms with Gasteiger partial charge < -0.3 is 5.32 Å². The average Bonchev–Trinajstić information content (AvgIpc) is 2.60. The maximum atomic E-state index is 12.4. The maximum absolute atomic E-state index is 12.4. The van der Waals surface area contributed by atoms with Crippen LogP contribution in [0.1, 0.15) is 10.4 Å². The fraction of sp³-hybridized carbons (Fsp3) is 0.118. The van der Waals surface area contributed by atoms with Gasteiger partial charge in [-0.25, -0.2) is 0 Å². The van der Waals surface area contributed by atoms with Gasteiger partial charge in [-0.15, -0.1) is 30.1 Å². The number of hydrogen-bond acceptors (Lipinski definition) is 5. The fourth-order valence-electron chi connectivity index (χ4n) is 2.01. The van der Waals surface area contributed by atoms with Crippen LogP contribution in [0, 0.1) is 10.1 Å². The summed E-state index contributed by atoms with van der Waals surface area (Å²) in [4.78, 5) is 24.5. The normalized spacial score (nSPS) is 10.2. The molecule has 2 rings (SSSR count). The van der Waals surface area contributed by atoms with Crippen LogP contribution in [-0.2, 0) is 0 Å². The molecular formula is C17H16N2O3S2. The maximum Gasteiger partial charge on any atom is 0.283 e. The van der Waals surface area contributed by atoms with Crippen LogP contribution in [0.15, 0.2) is 64.9 Å². The van der Waals surface area contributed by atoms with Gasteiger partial charge in [-0.05, 0) is 30.5 Å². The third-order valence-electron chi connectivity index (χ3n) is 3.13. The standard InChI is InChI=1S/C17H16N2O3S2/c1-3-10-24-15-7-5-4-6-13(15)18-17(20)12-8-9-16(23-2)14(11-12)19(21)22/h3-9,11H,1,10H2,2H3,(H,18,20). The highest BCUT2D eigenvalue weighted by atomic mass is 32.2. The molecule has 124 valence electrons. The minimum atomic E-state index is -0.476. The molecule has 7 heteroatoms. The Bertz CT molecular complexity index is 778. The van der Waals surface area contributed by atoms with Gasteiger partial charge in [0, 0.05) is 22.3 Å². The number of carbonyl (C=O) groups is 1. The summed E-state index contributed by atoms with van der Waals surface area (Å²) in [5.74, 6) is 0.346. The van der Waals surface area contributed by atoms with Crippen molar-refractivity contribution in [3.8, 4) is 0 Å². The Hall–Kier alpha value is -2.25. The highest BCUT2D eigenvalue weighted by molar-refractivity contribution is 7.99. The predicted molar refractivity (Wildman–Crippen MR) is 100 cm³/mol. The first kappa shape index (κ1) is 18.1. The molecule has 2 aromatic rings. The van der Waals surface area contributed by atoms with Gasteiger partial charge in [-0.2, -0.15) is 0 Å². The Labute approximate surface area is 148 Å². The van der Waals surface area contributed by atoms with E-state index in [2.05, 4.69) is 11.9 Å². The third-order valence-corrected chi connectivity index (χ3v) is 4.98. The van der Waals surface area contributed by atoms with Crippen molar-refractivity contribution >= 4 is 40.8 Å². The summed E-state index contributed by atoms with van der Waals surface area (Å²) < 4.78 is 0. The predicted octanol–water partition coefficient (Wildman–Crippen LogP) is 4.85.